The van der Waals surface area contributed by atoms with Crippen molar-refractivity contribution >= 4 is 38.4 Å². The third-order valence-electron chi connectivity index (χ3n) is 3.67. The summed E-state index contributed by atoms with van der Waals surface area (Å²) in [5, 5.41) is 0.0655. The lowest BCUT2D eigenvalue weighted by molar-refractivity contribution is -0.121. The molecule has 0 spiro atoms. The lowest BCUT2D eigenvalue weighted by Gasteiger charge is -2.24. The molecule has 2 aliphatic heterocycles. The summed E-state index contributed by atoms with van der Waals surface area (Å²) in [5.41, 5.74) is 0.230. The maximum Gasteiger partial charge on any atom is 0.274 e. The molecule has 3 rings (SSSR count). The highest BCUT2D eigenvalue weighted by Gasteiger charge is 2.49. The molecule has 124 valence electrons. The van der Waals surface area contributed by atoms with Crippen LogP contribution < -0.4 is 4.90 Å². The Labute approximate surface area is 137 Å². The molecule has 0 bridgehead atoms. The van der Waals surface area contributed by atoms with Crippen LogP contribution in [0.1, 0.15) is 0 Å². The van der Waals surface area contributed by atoms with E-state index in [2.05, 4.69) is 4.99 Å². The molecule has 9 heteroatoms. The third kappa shape index (κ3) is 3.26. The molecule has 2 atom stereocenters. The summed E-state index contributed by atoms with van der Waals surface area (Å²) >= 11 is 1.20. The van der Waals surface area contributed by atoms with Gasteiger partial charge in [-0.2, -0.15) is 4.99 Å². The van der Waals surface area contributed by atoms with Gasteiger partial charge in [0.2, 0.25) is 0 Å². The number of amides is 1. The molecular formula is C14H15FN2O4S2. The van der Waals surface area contributed by atoms with Crippen molar-refractivity contribution in [3.63, 3.8) is 0 Å². The first-order valence-corrected chi connectivity index (χ1v) is 9.62. The van der Waals surface area contributed by atoms with Crippen LogP contribution in [-0.4, -0.2) is 56.0 Å². The molecule has 0 radical (unpaired) electrons. The van der Waals surface area contributed by atoms with Crippen LogP contribution in [0.3, 0.4) is 0 Å². The van der Waals surface area contributed by atoms with Gasteiger partial charge < -0.3 is 9.64 Å². The third-order valence-corrected chi connectivity index (χ3v) is 6.88. The average molecular weight is 358 g/mol. The Hall–Kier alpha value is -1.45. The van der Waals surface area contributed by atoms with Gasteiger partial charge in [0.25, 0.3) is 5.91 Å². The van der Waals surface area contributed by atoms with Crippen LogP contribution in [0.5, 0.6) is 0 Å². The first kappa shape index (κ1) is 16.4. The number of rotatable bonds is 3. The maximum atomic E-state index is 14.2. The van der Waals surface area contributed by atoms with Gasteiger partial charge in [-0.25, -0.2) is 12.8 Å². The lowest BCUT2D eigenvalue weighted by atomic mass is 10.2. The highest BCUT2D eigenvalue weighted by Crippen LogP contribution is 2.41. The van der Waals surface area contributed by atoms with Crippen molar-refractivity contribution in [3.8, 4) is 0 Å². The van der Waals surface area contributed by atoms with Crippen LogP contribution >= 0.6 is 11.8 Å². The van der Waals surface area contributed by atoms with E-state index in [1.165, 1.54) is 29.8 Å². The Balaban J connectivity index is 2.01. The smallest absolute Gasteiger partial charge is 0.274 e. The highest BCUT2D eigenvalue weighted by molar-refractivity contribution is 8.16. The van der Waals surface area contributed by atoms with Crippen molar-refractivity contribution in [2.24, 2.45) is 4.99 Å². The van der Waals surface area contributed by atoms with Crippen molar-refractivity contribution in [1.82, 2.24) is 0 Å². The summed E-state index contributed by atoms with van der Waals surface area (Å²) in [6, 6.07) is 5.65. The number of sulfone groups is 1. The minimum atomic E-state index is -3.17. The monoisotopic (exact) mass is 358 g/mol. The minimum absolute atomic E-state index is 0.00474. The van der Waals surface area contributed by atoms with Gasteiger partial charge >= 0.3 is 0 Å². The molecule has 0 unspecified atom stereocenters. The average Bonchev–Trinajstić information content (AvgIpc) is 2.91. The van der Waals surface area contributed by atoms with Crippen LogP contribution in [0.25, 0.3) is 0 Å². The number of ether oxygens (including phenoxy) is 1. The van der Waals surface area contributed by atoms with Gasteiger partial charge in [0, 0.05) is 12.4 Å². The molecule has 2 fully saturated rings. The summed E-state index contributed by atoms with van der Waals surface area (Å²) in [5.74, 6) is -1.04. The van der Waals surface area contributed by atoms with Crippen molar-refractivity contribution in [1.29, 1.82) is 0 Å². The summed E-state index contributed by atoms with van der Waals surface area (Å²) in [6.45, 7) is -0.178. The summed E-state index contributed by atoms with van der Waals surface area (Å²) in [4.78, 5) is 17.2. The van der Waals surface area contributed by atoms with E-state index < -0.39 is 27.6 Å². The largest absolute Gasteiger partial charge is 0.375 e. The second-order valence-corrected chi connectivity index (χ2v) is 8.70. The number of aliphatic imine (C=N–C) groups is 1. The number of methoxy groups -OCH3 is 1. The first-order valence-electron chi connectivity index (χ1n) is 6.92. The van der Waals surface area contributed by atoms with Crippen LogP contribution in [0, 0.1) is 5.82 Å². The van der Waals surface area contributed by atoms with Gasteiger partial charge in [0.05, 0.1) is 23.2 Å². The second kappa shape index (κ2) is 6.21. The normalized spacial score (nSPS) is 27.4. The van der Waals surface area contributed by atoms with Gasteiger partial charge in [0.15, 0.2) is 15.0 Å². The fraction of sp³-hybridized carbons (Fsp3) is 0.429. The molecular weight excluding hydrogens is 343 g/mol. The van der Waals surface area contributed by atoms with Crippen molar-refractivity contribution in [2.45, 2.75) is 11.3 Å². The lowest BCUT2D eigenvalue weighted by Crippen LogP contribution is -2.38. The van der Waals surface area contributed by atoms with Gasteiger partial charge in [0.1, 0.15) is 12.4 Å². The molecule has 23 heavy (non-hydrogen) atoms. The van der Waals surface area contributed by atoms with Crippen molar-refractivity contribution < 1.29 is 22.3 Å². The number of benzene rings is 1. The summed E-state index contributed by atoms with van der Waals surface area (Å²) in [6.07, 6.45) is 0. The number of nitrogens with zero attached hydrogens (tertiary/aromatic N) is 2. The van der Waals surface area contributed by atoms with Crippen molar-refractivity contribution in [2.75, 3.05) is 30.1 Å². The molecule has 1 aromatic rings. The van der Waals surface area contributed by atoms with E-state index in [4.69, 9.17) is 4.74 Å². The van der Waals surface area contributed by atoms with Gasteiger partial charge in [-0.1, -0.05) is 23.9 Å². The predicted molar refractivity (Wildman–Crippen MR) is 87.0 cm³/mol. The minimum Gasteiger partial charge on any atom is -0.375 e. The number of halogens is 1. The van der Waals surface area contributed by atoms with E-state index in [1.54, 1.807) is 18.2 Å². The number of carbonyl (C=O) groups excluding carboxylic acids is 1. The van der Waals surface area contributed by atoms with Crippen LogP contribution in [0.4, 0.5) is 10.1 Å². The molecule has 2 saturated heterocycles. The molecule has 0 saturated carbocycles. The summed E-state index contributed by atoms with van der Waals surface area (Å²) < 4.78 is 42.7. The molecule has 1 amide bonds. The number of hydrogen-bond donors (Lipinski definition) is 0. The van der Waals surface area contributed by atoms with Crippen LogP contribution in [0.2, 0.25) is 0 Å². The molecule has 2 heterocycles. The Kier molecular flexibility index (Phi) is 4.43. The topological polar surface area (TPSA) is 76.0 Å². The second-order valence-electron chi connectivity index (χ2n) is 5.34. The van der Waals surface area contributed by atoms with Gasteiger partial charge in [-0.3, -0.25) is 4.79 Å². The maximum absolute atomic E-state index is 14.2. The Bertz CT molecular complexity index is 766. The zero-order valence-corrected chi connectivity index (χ0v) is 13.9. The Morgan fingerprint density at radius 1 is 1.43 bits per heavy atom. The van der Waals surface area contributed by atoms with Crippen LogP contribution in [-0.2, 0) is 19.4 Å². The summed E-state index contributed by atoms with van der Waals surface area (Å²) in [7, 11) is -1.79. The molecule has 0 aromatic heterocycles. The Morgan fingerprint density at radius 2 is 2.17 bits per heavy atom. The zero-order chi connectivity index (χ0) is 16.6. The number of anilines is 1. The standard InChI is InChI=1S/C14H15FN2O4S2/c1-21-6-13(18)16-14-17(10-5-3-2-4-9(10)15)11-7-23(19,20)8-12(11)22-14/h2-5,11-12H,6-8H2,1H3/t11-,12-/m1/s1. The predicted octanol–water partition coefficient (Wildman–Crippen LogP) is 1.07. The van der Waals surface area contributed by atoms with E-state index in [9.17, 15) is 17.6 Å². The van der Waals surface area contributed by atoms with Gasteiger partial charge in [-0.05, 0) is 12.1 Å². The van der Waals surface area contributed by atoms with E-state index in [1.807, 2.05) is 0 Å². The number of amidine groups is 1. The number of para-hydroxylation sites is 1. The molecule has 6 nitrogen and oxygen atoms in total. The first-order chi connectivity index (χ1) is 10.9. The molecule has 2 aliphatic rings. The quantitative estimate of drug-likeness (QED) is 0.805. The van der Waals surface area contributed by atoms with E-state index in [-0.39, 0.29) is 29.0 Å². The zero-order valence-electron chi connectivity index (χ0n) is 12.3. The fourth-order valence-corrected chi connectivity index (χ4v) is 6.68. The van der Waals surface area contributed by atoms with Crippen molar-refractivity contribution in [3.05, 3.63) is 30.1 Å². The molecule has 1 aromatic carbocycles. The molecule has 0 aliphatic carbocycles. The van der Waals surface area contributed by atoms with E-state index >= 15 is 0 Å². The van der Waals surface area contributed by atoms with E-state index in [0.717, 1.165) is 0 Å². The number of hydrogen-bond acceptors (Lipinski definition) is 5. The highest BCUT2D eigenvalue weighted by atomic mass is 32.2. The number of carbonyl (C=O) groups is 1. The fourth-order valence-electron chi connectivity index (χ4n) is 2.76. The Morgan fingerprint density at radius 3 is 2.87 bits per heavy atom. The molecule has 0 N–H and O–H groups in total. The number of fused-ring (bicyclic) bond motifs is 1. The number of thioether (sulfide) groups is 1. The SMILES string of the molecule is COCC(=O)N=C1S[C@@H]2CS(=O)(=O)C[C@H]2N1c1ccccc1F. The van der Waals surface area contributed by atoms with Gasteiger partial charge in [-0.15, -0.1) is 0 Å². The van der Waals surface area contributed by atoms with Crippen LogP contribution in [0.15, 0.2) is 29.3 Å². The van der Waals surface area contributed by atoms with E-state index in [0.29, 0.717) is 5.17 Å².